The minimum Gasteiger partial charge on any atom is -0.390 e. The molecule has 1 saturated heterocycles. The minimum atomic E-state index is -3.59. The van der Waals surface area contributed by atoms with Crippen molar-refractivity contribution in [1.82, 2.24) is 0 Å². The van der Waals surface area contributed by atoms with Crippen LogP contribution in [0.1, 0.15) is 92.4 Å². The lowest BCUT2D eigenvalue weighted by Crippen LogP contribution is -2.61. The molecule has 0 amide bonds. The van der Waals surface area contributed by atoms with Gasteiger partial charge in [0.2, 0.25) is 0 Å². The summed E-state index contributed by atoms with van der Waals surface area (Å²) in [7, 11) is -3.59. The number of ether oxygens (including phenoxy) is 1. The van der Waals surface area contributed by atoms with Crippen molar-refractivity contribution in [2.24, 2.45) is 46.3 Å². The summed E-state index contributed by atoms with van der Waals surface area (Å²) < 4.78 is 36.4. The van der Waals surface area contributed by atoms with Gasteiger partial charge in [-0.05, 0) is 99.7 Å². The number of aliphatic hydroxyl groups excluding tert-OH is 1. The predicted octanol–water partition coefficient (Wildman–Crippen LogP) is 4.53. The van der Waals surface area contributed by atoms with E-state index in [1.807, 2.05) is 13.8 Å². The Hall–Kier alpha value is -0.210. The van der Waals surface area contributed by atoms with Crippen LogP contribution in [0.4, 0.5) is 0 Å². The molecule has 2 N–H and O–H groups in total. The number of rotatable bonds is 7. The van der Waals surface area contributed by atoms with Crippen LogP contribution < -0.4 is 0 Å². The average Bonchev–Trinajstić information content (AvgIpc) is 3.45. The molecule has 7 heteroatoms. The van der Waals surface area contributed by atoms with Crippen molar-refractivity contribution >= 4 is 10.1 Å². The molecule has 12 atom stereocenters. The van der Waals surface area contributed by atoms with Gasteiger partial charge in [0.05, 0.1) is 30.2 Å². The van der Waals surface area contributed by atoms with E-state index in [1.54, 1.807) is 0 Å². The van der Waals surface area contributed by atoms with Crippen LogP contribution in [0.25, 0.3) is 0 Å². The second-order valence-corrected chi connectivity index (χ2v) is 15.8. The highest BCUT2D eigenvalue weighted by molar-refractivity contribution is 7.86. The van der Waals surface area contributed by atoms with Gasteiger partial charge in [-0.3, -0.25) is 4.18 Å². The van der Waals surface area contributed by atoms with E-state index in [9.17, 15) is 18.6 Å². The highest BCUT2D eigenvalue weighted by Crippen LogP contribution is 2.70. The summed E-state index contributed by atoms with van der Waals surface area (Å²) in [5, 5.41) is 20.8. The van der Waals surface area contributed by atoms with E-state index in [1.165, 1.54) is 19.3 Å². The maximum atomic E-state index is 12.3. The first-order valence-corrected chi connectivity index (χ1v) is 15.9. The topological polar surface area (TPSA) is 96.4 Å². The number of hydrogen-bond donors (Lipinski definition) is 2. The SMILES string of the molecule is C[C@H](CCCC(C)(C)O)[C@H]1CC[C@H]2[C@@H]3C[C@@H](OS(C)(=O)=O)[C@H]4CC(O)[C@@H]5O[C@@H]5[C@]4(C)[C@H]3CC[C@]12C. The summed E-state index contributed by atoms with van der Waals surface area (Å²) >= 11 is 0. The molecule has 0 aromatic carbocycles. The average molecular weight is 513 g/mol. The normalized spacial score (nSPS) is 50.0. The first-order chi connectivity index (χ1) is 16.1. The Balaban J connectivity index is 1.39. The smallest absolute Gasteiger partial charge is 0.264 e. The lowest BCUT2D eigenvalue weighted by Gasteiger charge is -2.61. The van der Waals surface area contributed by atoms with Crippen LogP contribution >= 0.6 is 0 Å². The third-order valence-electron chi connectivity index (χ3n) is 11.5. The van der Waals surface area contributed by atoms with E-state index in [0.29, 0.717) is 36.0 Å². The summed E-state index contributed by atoms with van der Waals surface area (Å²) in [5.41, 5.74) is -0.467. The van der Waals surface area contributed by atoms with Gasteiger partial charge in [0.25, 0.3) is 10.1 Å². The summed E-state index contributed by atoms with van der Waals surface area (Å²) in [4.78, 5) is 0. The first kappa shape index (κ1) is 26.4. The third-order valence-corrected chi connectivity index (χ3v) is 12.1. The molecule has 0 aromatic rings. The molecule has 5 fully saturated rings. The number of aliphatic hydroxyl groups is 2. The summed E-state index contributed by atoms with van der Waals surface area (Å²) in [5.74, 6) is 2.83. The van der Waals surface area contributed by atoms with E-state index < -0.39 is 21.8 Å². The van der Waals surface area contributed by atoms with Crippen LogP contribution in [0.2, 0.25) is 0 Å². The third kappa shape index (κ3) is 4.53. The summed E-state index contributed by atoms with van der Waals surface area (Å²) in [6.45, 7) is 11.0. The molecule has 0 bridgehead atoms. The Morgan fingerprint density at radius 1 is 1.11 bits per heavy atom. The van der Waals surface area contributed by atoms with Gasteiger partial charge in [0.1, 0.15) is 6.10 Å². The highest BCUT2D eigenvalue weighted by Gasteiger charge is 2.71. The number of fused-ring (bicyclic) bond motifs is 7. The van der Waals surface area contributed by atoms with Crippen LogP contribution in [-0.2, 0) is 19.0 Å². The Morgan fingerprint density at radius 2 is 1.83 bits per heavy atom. The van der Waals surface area contributed by atoms with Gasteiger partial charge < -0.3 is 14.9 Å². The first-order valence-electron chi connectivity index (χ1n) is 14.1. The number of epoxide rings is 1. The van der Waals surface area contributed by atoms with Crippen molar-refractivity contribution in [1.29, 1.82) is 0 Å². The second-order valence-electron chi connectivity index (χ2n) is 14.2. The molecule has 1 heterocycles. The molecule has 6 nitrogen and oxygen atoms in total. The Bertz CT molecular complexity index is 913. The van der Waals surface area contributed by atoms with Crippen molar-refractivity contribution < 1.29 is 27.6 Å². The van der Waals surface area contributed by atoms with Gasteiger partial charge in [-0.2, -0.15) is 8.42 Å². The van der Waals surface area contributed by atoms with Gasteiger partial charge in [-0.1, -0.05) is 33.6 Å². The monoisotopic (exact) mass is 512 g/mol. The molecule has 1 aliphatic heterocycles. The highest BCUT2D eigenvalue weighted by atomic mass is 32.2. The largest absolute Gasteiger partial charge is 0.390 e. The summed E-state index contributed by atoms with van der Waals surface area (Å²) in [6, 6.07) is 0. The van der Waals surface area contributed by atoms with Crippen molar-refractivity contribution in [2.45, 2.75) is 122 Å². The van der Waals surface area contributed by atoms with Gasteiger partial charge in [-0.25, -0.2) is 0 Å². The predicted molar refractivity (Wildman–Crippen MR) is 135 cm³/mol. The lowest BCUT2D eigenvalue weighted by molar-refractivity contribution is -0.159. The quantitative estimate of drug-likeness (QED) is 0.384. The molecular formula is C28H48O6S. The van der Waals surface area contributed by atoms with Gasteiger partial charge in [-0.15, -0.1) is 0 Å². The molecule has 5 aliphatic rings. The van der Waals surface area contributed by atoms with Crippen molar-refractivity contribution in [2.75, 3.05) is 6.26 Å². The maximum absolute atomic E-state index is 12.3. The van der Waals surface area contributed by atoms with E-state index >= 15 is 0 Å². The maximum Gasteiger partial charge on any atom is 0.264 e. The lowest BCUT2D eigenvalue weighted by atomic mass is 9.43. The number of hydrogen-bond acceptors (Lipinski definition) is 6. The fourth-order valence-electron chi connectivity index (χ4n) is 10.00. The van der Waals surface area contributed by atoms with Crippen LogP contribution in [0.5, 0.6) is 0 Å². The van der Waals surface area contributed by atoms with E-state index in [2.05, 4.69) is 20.8 Å². The Kier molecular flexibility index (Phi) is 6.53. The zero-order valence-corrected chi connectivity index (χ0v) is 23.4. The van der Waals surface area contributed by atoms with Crippen LogP contribution in [0.15, 0.2) is 0 Å². The van der Waals surface area contributed by atoms with Crippen molar-refractivity contribution in [3.8, 4) is 0 Å². The van der Waals surface area contributed by atoms with Crippen LogP contribution in [-0.4, -0.2) is 54.9 Å². The van der Waals surface area contributed by atoms with Crippen LogP contribution in [0, 0.1) is 46.3 Å². The van der Waals surface area contributed by atoms with E-state index in [4.69, 9.17) is 8.92 Å². The van der Waals surface area contributed by atoms with Crippen molar-refractivity contribution in [3.63, 3.8) is 0 Å². The zero-order chi connectivity index (χ0) is 25.6. The molecule has 5 rings (SSSR count). The van der Waals surface area contributed by atoms with Crippen LogP contribution in [0.3, 0.4) is 0 Å². The molecule has 0 aromatic heterocycles. The van der Waals surface area contributed by atoms with E-state index in [-0.39, 0.29) is 35.1 Å². The minimum absolute atomic E-state index is 0.0135. The summed E-state index contributed by atoms with van der Waals surface area (Å²) in [6.07, 6.45) is 9.45. The standard InChI is InChI=1S/C28H48O6S/c1-16(8-7-12-26(2,3)30)18-9-10-19-17-14-23(34-35(6,31)32)21-15-22(29)24-25(33-24)28(21,5)20(17)11-13-27(18,19)4/h16-25,29-30H,7-15H2,1-6H3/t16-,17+,18-,19+,20+,21-,22?,23-,24+,25+,27-,28-/m1/s1. The molecule has 1 unspecified atom stereocenters. The molecule has 4 saturated carbocycles. The second kappa shape index (κ2) is 8.65. The fraction of sp³-hybridized carbons (Fsp3) is 1.00. The Morgan fingerprint density at radius 3 is 2.49 bits per heavy atom. The Labute approximate surface area is 212 Å². The van der Waals surface area contributed by atoms with Gasteiger partial charge in [0, 0.05) is 5.41 Å². The fourth-order valence-corrected chi connectivity index (χ4v) is 10.7. The molecule has 0 radical (unpaired) electrons. The molecule has 202 valence electrons. The van der Waals surface area contributed by atoms with Crippen molar-refractivity contribution in [3.05, 3.63) is 0 Å². The molecule has 35 heavy (non-hydrogen) atoms. The van der Waals surface area contributed by atoms with E-state index in [0.717, 1.165) is 38.4 Å². The zero-order valence-electron chi connectivity index (χ0n) is 22.6. The van der Waals surface area contributed by atoms with Gasteiger partial charge >= 0.3 is 0 Å². The van der Waals surface area contributed by atoms with Gasteiger partial charge in [0.15, 0.2) is 0 Å². The molecule has 0 spiro atoms. The molecule has 4 aliphatic carbocycles. The molecular weight excluding hydrogens is 464 g/mol.